The minimum Gasteiger partial charge on any atom is -0.369 e. The van der Waals surface area contributed by atoms with Crippen LogP contribution in [0.4, 0.5) is 18.9 Å². The van der Waals surface area contributed by atoms with Crippen LogP contribution < -0.4 is 10.2 Å². The first-order chi connectivity index (χ1) is 9.77. The van der Waals surface area contributed by atoms with Crippen molar-refractivity contribution >= 4 is 21.6 Å². The summed E-state index contributed by atoms with van der Waals surface area (Å²) in [4.78, 5) is 1.85. The summed E-state index contributed by atoms with van der Waals surface area (Å²) in [6.07, 6.45) is -2.43. The molecule has 0 aliphatic carbocycles. The summed E-state index contributed by atoms with van der Waals surface area (Å²) in [5, 5.41) is 3.42. The van der Waals surface area contributed by atoms with Gasteiger partial charge in [-0.1, -0.05) is 29.8 Å². The molecule has 1 aromatic carbocycles. The first kappa shape index (κ1) is 16.6. The maximum Gasteiger partial charge on any atom is 0.418 e. The Morgan fingerprint density at radius 1 is 1.33 bits per heavy atom. The van der Waals surface area contributed by atoms with Crippen molar-refractivity contribution in [1.82, 2.24) is 5.32 Å². The number of hydrogen-bond donors (Lipinski definition) is 1. The highest BCUT2D eigenvalue weighted by Gasteiger charge is 2.36. The Morgan fingerprint density at radius 2 is 2.05 bits per heavy atom. The lowest BCUT2D eigenvalue weighted by atomic mass is 10.0. The molecule has 1 aliphatic rings. The Hall–Kier alpha value is -0.750. The zero-order valence-electron chi connectivity index (χ0n) is 12.2. The lowest BCUT2D eigenvalue weighted by Gasteiger charge is -2.37. The molecule has 1 aromatic rings. The molecule has 1 aliphatic heterocycles. The number of rotatable bonds is 3. The summed E-state index contributed by atoms with van der Waals surface area (Å²) in [6.45, 7) is 5.39. The molecule has 1 saturated heterocycles. The van der Waals surface area contributed by atoms with Crippen LogP contribution in [-0.4, -0.2) is 25.2 Å². The zero-order valence-corrected chi connectivity index (χ0v) is 13.8. The van der Waals surface area contributed by atoms with E-state index in [4.69, 9.17) is 0 Å². The lowest BCUT2D eigenvalue weighted by molar-refractivity contribution is -0.137. The maximum absolute atomic E-state index is 13.2. The third kappa shape index (κ3) is 4.36. The molecule has 0 amide bonds. The second kappa shape index (κ2) is 6.57. The van der Waals surface area contributed by atoms with Crippen LogP contribution >= 0.6 is 15.9 Å². The van der Waals surface area contributed by atoms with Crippen LogP contribution in [-0.2, 0) is 6.18 Å². The van der Waals surface area contributed by atoms with E-state index in [0.29, 0.717) is 23.6 Å². The molecule has 2 rings (SSSR count). The van der Waals surface area contributed by atoms with Crippen molar-refractivity contribution < 1.29 is 13.2 Å². The van der Waals surface area contributed by atoms with Crippen LogP contribution in [0.2, 0.25) is 0 Å². The van der Waals surface area contributed by atoms with Crippen LogP contribution in [0.3, 0.4) is 0 Å². The molecule has 1 heterocycles. The normalized spacial score (nSPS) is 20.1. The van der Waals surface area contributed by atoms with Crippen molar-refractivity contribution in [3.8, 4) is 0 Å². The molecule has 0 radical (unpaired) electrons. The van der Waals surface area contributed by atoms with Gasteiger partial charge in [0, 0.05) is 35.3 Å². The van der Waals surface area contributed by atoms with Crippen molar-refractivity contribution in [3.63, 3.8) is 0 Å². The molecule has 1 unspecified atom stereocenters. The third-order valence-corrected chi connectivity index (χ3v) is 4.09. The van der Waals surface area contributed by atoms with Gasteiger partial charge in [0.25, 0.3) is 0 Å². The van der Waals surface area contributed by atoms with Crippen LogP contribution in [0.25, 0.3) is 0 Å². The zero-order chi connectivity index (χ0) is 15.6. The smallest absolute Gasteiger partial charge is 0.369 e. The average molecular weight is 365 g/mol. The van der Waals surface area contributed by atoms with Gasteiger partial charge in [-0.25, -0.2) is 0 Å². The Balaban J connectivity index is 2.25. The highest BCUT2D eigenvalue weighted by molar-refractivity contribution is 9.10. The number of nitrogens with one attached hydrogen (secondary N) is 1. The second-order valence-electron chi connectivity index (χ2n) is 5.77. The van der Waals surface area contributed by atoms with Gasteiger partial charge in [0.2, 0.25) is 0 Å². The summed E-state index contributed by atoms with van der Waals surface area (Å²) >= 11 is 3.13. The van der Waals surface area contributed by atoms with Gasteiger partial charge in [-0.15, -0.1) is 0 Å². The predicted octanol–water partition coefficient (Wildman–Crippen LogP) is 4.43. The first-order valence-electron chi connectivity index (χ1n) is 7.15. The molecule has 1 N–H and O–H groups in total. The van der Waals surface area contributed by atoms with Gasteiger partial charge in [0.1, 0.15) is 0 Å². The molecular formula is C15H20BrF3N2. The lowest BCUT2D eigenvalue weighted by Crippen LogP contribution is -2.48. The van der Waals surface area contributed by atoms with E-state index in [0.717, 1.165) is 18.9 Å². The summed E-state index contributed by atoms with van der Waals surface area (Å²) in [7, 11) is 0. The van der Waals surface area contributed by atoms with E-state index in [1.54, 1.807) is 12.1 Å². The van der Waals surface area contributed by atoms with Crippen LogP contribution in [0, 0.1) is 0 Å². The quantitative estimate of drug-likeness (QED) is 0.852. The summed E-state index contributed by atoms with van der Waals surface area (Å²) in [5.74, 6) is 0. The molecule has 118 valence electrons. The van der Waals surface area contributed by atoms with Gasteiger partial charge in [0.05, 0.1) is 5.56 Å². The fourth-order valence-corrected chi connectivity index (χ4v) is 3.18. The van der Waals surface area contributed by atoms with Crippen LogP contribution in [0.5, 0.6) is 0 Å². The van der Waals surface area contributed by atoms with E-state index in [9.17, 15) is 13.2 Å². The fourth-order valence-electron chi connectivity index (χ4n) is 2.81. The average Bonchev–Trinajstić information content (AvgIpc) is 2.37. The van der Waals surface area contributed by atoms with Gasteiger partial charge in [0.15, 0.2) is 0 Å². The molecule has 1 fully saturated rings. The Morgan fingerprint density at radius 3 is 2.67 bits per heavy atom. The van der Waals surface area contributed by atoms with E-state index >= 15 is 0 Å². The Bertz CT molecular complexity index is 488. The Kier molecular flexibility index (Phi) is 5.20. The number of nitrogens with zero attached hydrogens (tertiary/aromatic N) is 1. The molecular weight excluding hydrogens is 345 g/mol. The summed E-state index contributed by atoms with van der Waals surface area (Å²) in [6, 6.07) is 4.97. The van der Waals surface area contributed by atoms with E-state index in [2.05, 4.69) is 35.1 Å². The van der Waals surface area contributed by atoms with Crippen molar-refractivity contribution in [2.24, 2.45) is 0 Å². The van der Waals surface area contributed by atoms with Gasteiger partial charge >= 0.3 is 6.18 Å². The molecule has 0 spiro atoms. The third-order valence-electron chi connectivity index (χ3n) is 3.60. The van der Waals surface area contributed by atoms with Gasteiger partial charge in [-0.3, -0.25) is 0 Å². The highest BCUT2D eigenvalue weighted by Crippen LogP contribution is 2.39. The minimum absolute atomic E-state index is 0.239. The molecule has 0 bridgehead atoms. The molecule has 0 aromatic heterocycles. The number of benzene rings is 1. The number of halogens is 4. The van der Waals surface area contributed by atoms with Gasteiger partial charge in [-0.05, 0) is 31.0 Å². The molecule has 0 saturated carbocycles. The number of hydrogen-bond acceptors (Lipinski definition) is 2. The minimum atomic E-state index is -4.34. The maximum atomic E-state index is 13.2. The van der Waals surface area contributed by atoms with Crippen molar-refractivity contribution in [2.75, 3.05) is 18.0 Å². The monoisotopic (exact) mass is 364 g/mol. The van der Waals surface area contributed by atoms with Gasteiger partial charge in [-0.2, -0.15) is 13.2 Å². The highest BCUT2D eigenvalue weighted by atomic mass is 79.9. The first-order valence-corrected chi connectivity index (χ1v) is 7.94. The summed E-state index contributed by atoms with van der Waals surface area (Å²) < 4.78 is 40.1. The van der Waals surface area contributed by atoms with Crippen LogP contribution in [0.15, 0.2) is 22.7 Å². The van der Waals surface area contributed by atoms with E-state index in [-0.39, 0.29) is 11.7 Å². The van der Waals surface area contributed by atoms with Crippen molar-refractivity contribution in [3.05, 3.63) is 28.2 Å². The standard InChI is InChI=1S/C15H20BrF3N2/c1-10(2)20-12-4-3-7-21(9-12)14-6-5-11(16)8-13(14)15(17,18)19/h5-6,8,10,12,20H,3-4,7,9H2,1-2H3. The van der Waals surface area contributed by atoms with E-state index < -0.39 is 11.7 Å². The SMILES string of the molecule is CC(C)NC1CCCN(c2ccc(Br)cc2C(F)(F)F)C1. The number of anilines is 1. The molecule has 6 heteroatoms. The number of piperidine rings is 1. The van der Waals surface area contributed by atoms with Crippen molar-refractivity contribution in [1.29, 1.82) is 0 Å². The van der Waals surface area contributed by atoms with E-state index in [1.165, 1.54) is 0 Å². The molecule has 21 heavy (non-hydrogen) atoms. The van der Waals surface area contributed by atoms with Gasteiger partial charge < -0.3 is 10.2 Å². The predicted molar refractivity (Wildman–Crippen MR) is 82.7 cm³/mol. The Labute approximate surface area is 131 Å². The number of alkyl halides is 3. The van der Waals surface area contributed by atoms with Crippen molar-refractivity contribution in [2.45, 2.75) is 44.9 Å². The largest absolute Gasteiger partial charge is 0.418 e. The van der Waals surface area contributed by atoms with Crippen LogP contribution in [0.1, 0.15) is 32.3 Å². The topological polar surface area (TPSA) is 15.3 Å². The second-order valence-corrected chi connectivity index (χ2v) is 6.68. The van der Waals surface area contributed by atoms with E-state index in [1.807, 2.05) is 4.90 Å². The fraction of sp³-hybridized carbons (Fsp3) is 0.600. The molecule has 2 nitrogen and oxygen atoms in total. The molecule has 1 atom stereocenters. The summed E-state index contributed by atoms with van der Waals surface area (Å²) in [5.41, 5.74) is -0.289.